The lowest BCUT2D eigenvalue weighted by molar-refractivity contribution is -0.121. The van der Waals surface area contributed by atoms with E-state index in [0.29, 0.717) is 19.5 Å². The van der Waals surface area contributed by atoms with Crippen molar-refractivity contribution < 1.29 is 14.0 Å². The summed E-state index contributed by atoms with van der Waals surface area (Å²) in [5.74, 6) is 4.03. The van der Waals surface area contributed by atoms with Crippen LogP contribution in [0.5, 0.6) is 0 Å². The SMILES string of the molecule is NCC#Cc1ccc(C(=O)N2CCCNC(=O)C2)cc1F. The van der Waals surface area contributed by atoms with Gasteiger partial charge in [-0.2, -0.15) is 0 Å². The highest BCUT2D eigenvalue weighted by molar-refractivity contribution is 5.96. The van der Waals surface area contributed by atoms with Gasteiger partial charge in [0.1, 0.15) is 5.82 Å². The number of benzene rings is 1. The molecule has 1 fully saturated rings. The zero-order valence-electron chi connectivity index (χ0n) is 11.5. The Morgan fingerprint density at radius 2 is 2.29 bits per heavy atom. The van der Waals surface area contributed by atoms with Crippen LogP contribution in [0.3, 0.4) is 0 Å². The second-order valence-electron chi connectivity index (χ2n) is 4.63. The van der Waals surface area contributed by atoms with Crippen molar-refractivity contribution in [1.29, 1.82) is 0 Å². The maximum Gasteiger partial charge on any atom is 0.254 e. The van der Waals surface area contributed by atoms with E-state index in [1.165, 1.54) is 17.0 Å². The first-order valence-corrected chi connectivity index (χ1v) is 6.66. The fourth-order valence-corrected chi connectivity index (χ4v) is 2.06. The molecule has 0 saturated carbocycles. The third kappa shape index (κ3) is 3.80. The Bertz CT molecular complexity index is 619. The smallest absolute Gasteiger partial charge is 0.254 e. The number of nitrogens with zero attached hydrogens (tertiary/aromatic N) is 1. The molecule has 1 saturated heterocycles. The average molecular weight is 289 g/mol. The summed E-state index contributed by atoms with van der Waals surface area (Å²) >= 11 is 0. The molecule has 6 heteroatoms. The predicted octanol–water partition coefficient (Wildman–Crippen LogP) is 0.0980. The molecule has 1 aliphatic rings. The predicted molar refractivity (Wildman–Crippen MR) is 75.9 cm³/mol. The van der Waals surface area contributed by atoms with Crippen LogP contribution >= 0.6 is 0 Å². The maximum absolute atomic E-state index is 13.9. The van der Waals surface area contributed by atoms with Crippen molar-refractivity contribution in [2.45, 2.75) is 6.42 Å². The summed E-state index contributed by atoms with van der Waals surface area (Å²) in [6.45, 7) is 1.15. The van der Waals surface area contributed by atoms with Crippen LogP contribution in [-0.4, -0.2) is 42.9 Å². The number of halogens is 1. The van der Waals surface area contributed by atoms with Crippen LogP contribution < -0.4 is 11.1 Å². The van der Waals surface area contributed by atoms with Crippen LogP contribution in [0.2, 0.25) is 0 Å². The van der Waals surface area contributed by atoms with Gasteiger partial charge >= 0.3 is 0 Å². The summed E-state index contributed by atoms with van der Waals surface area (Å²) in [5.41, 5.74) is 5.64. The van der Waals surface area contributed by atoms with Gasteiger partial charge in [-0.3, -0.25) is 9.59 Å². The lowest BCUT2D eigenvalue weighted by Crippen LogP contribution is -2.37. The van der Waals surface area contributed by atoms with Crippen LogP contribution in [-0.2, 0) is 4.79 Å². The van der Waals surface area contributed by atoms with Crippen molar-refractivity contribution in [3.8, 4) is 11.8 Å². The Hall–Kier alpha value is -2.39. The van der Waals surface area contributed by atoms with Crippen molar-refractivity contribution in [3.63, 3.8) is 0 Å². The summed E-state index contributed by atoms with van der Waals surface area (Å²) in [5, 5.41) is 2.69. The number of nitrogens with one attached hydrogen (secondary N) is 1. The molecule has 0 atom stereocenters. The monoisotopic (exact) mass is 289 g/mol. The van der Waals surface area contributed by atoms with E-state index < -0.39 is 5.82 Å². The third-order valence-corrected chi connectivity index (χ3v) is 3.09. The van der Waals surface area contributed by atoms with Gasteiger partial charge in [0.05, 0.1) is 18.7 Å². The topological polar surface area (TPSA) is 75.4 Å². The first kappa shape index (κ1) is 15.0. The third-order valence-electron chi connectivity index (χ3n) is 3.09. The molecule has 0 radical (unpaired) electrons. The molecule has 1 aliphatic heterocycles. The second-order valence-corrected chi connectivity index (χ2v) is 4.63. The van der Waals surface area contributed by atoms with E-state index in [4.69, 9.17) is 5.73 Å². The van der Waals surface area contributed by atoms with E-state index >= 15 is 0 Å². The molecule has 0 unspecified atom stereocenters. The largest absolute Gasteiger partial charge is 0.354 e. The molecule has 110 valence electrons. The summed E-state index contributed by atoms with van der Waals surface area (Å²) < 4.78 is 13.9. The second kappa shape index (κ2) is 6.86. The molecule has 1 heterocycles. The van der Waals surface area contributed by atoms with Gasteiger partial charge in [0.15, 0.2) is 0 Å². The standard InChI is InChI=1S/C15H16FN3O2/c16-13-9-12(5-4-11(13)3-1-6-17)15(21)19-8-2-7-18-14(20)10-19/h4-5,9H,2,6-8,10,17H2,(H,18,20). The molecule has 1 aromatic rings. The van der Waals surface area contributed by atoms with Crippen molar-refractivity contribution in [2.24, 2.45) is 5.73 Å². The van der Waals surface area contributed by atoms with Crippen LogP contribution in [0.25, 0.3) is 0 Å². The van der Waals surface area contributed by atoms with E-state index in [2.05, 4.69) is 17.2 Å². The molecule has 21 heavy (non-hydrogen) atoms. The van der Waals surface area contributed by atoms with Crippen molar-refractivity contribution in [2.75, 3.05) is 26.2 Å². The number of rotatable bonds is 1. The quantitative estimate of drug-likeness (QED) is 0.720. The first-order valence-electron chi connectivity index (χ1n) is 6.66. The number of carbonyl (C=O) groups is 2. The van der Waals surface area contributed by atoms with E-state index in [9.17, 15) is 14.0 Å². The summed E-state index contributed by atoms with van der Waals surface area (Å²) in [6.07, 6.45) is 0.681. The summed E-state index contributed by atoms with van der Waals surface area (Å²) in [7, 11) is 0. The molecule has 0 aliphatic carbocycles. The Kier molecular flexibility index (Phi) is 4.90. The van der Waals surface area contributed by atoms with Crippen LogP contribution in [0.4, 0.5) is 4.39 Å². The minimum absolute atomic E-state index is 0.00478. The lowest BCUT2D eigenvalue weighted by atomic mass is 10.1. The molecular weight excluding hydrogens is 273 g/mol. The van der Waals surface area contributed by atoms with Crippen molar-refractivity contribution in [3.05, 3.63) is 35.1 Å². The zero-order valence-corrected chi connectivity index (χ0v) is 11.5. The maximum atomic E-state index is 13.9. The number of nitrogens with two attached hydrogens (primary N) is 1. The van der Waals surface area contributed by atoms with Gasteiger partial charge in [-0.1, -0.05) is 11.8 Å². The average Bonchev–Trinajstić information content (AvgIpc) is 2.70. The first-order chi connectivity index (χ1) is 10.1. The molecule has 2 rings (SSSR count). The van der Waals surface area contributed by atoms with Gasteiger partial charge in [0.25, 0.3) is 5.91 Å². The number of carbonyl (C=O) groups excluding carboxylic acids is 2. The van der Waals surface area contributed by atoms with Gasteiger partial charge in [-0.15, -0.1) is 0 Å². The van der Waals surface area contributed by atoms with Gasteiger partial charge in [-0.05, 0) is 24.6 Å². The number of hydrogen-bond donors (Lipinski definition) is 2. The van der Waals surface area contributed by atoms with E-state index in [0.717, 1.165) is 6.07 Å². The number of amides is 2. The highest BCUT2D eigenvalue weighted by Gasteiger charge is 2.21. The van der Waals surface area contributed by atoms with Gasteiger partial charge < -0.3 is 16.0 Å². The van der Waals surface area contributed by atoms with Crippen LogP contribution in [0.15, 0.2) is 18.2 Å². The van der Waals surface area contributed by atoms with Crippen LogP contribution in [0, 0.1) is 17.7 Å². The fraction of sp³-hybridized carbons (Fsp3) is 0.333. The van der Waals surface area contributed by atoms with Crippen molar-refractivity contribution in [1.82, 2.24) is 10.2 Å². The number of hydrogen-bond acceptors (Lipinski definition) is 3. The van der Waals surface area contributed by atoms with Crippen molar-refractivity contribution >= 4 is 11.8 Å². The lowest BCUT2D eigenvalue weighted by Gasteiger charge is -2.19. The Morgan fingerprint density at radius 1 is 1.48 bits per heavy atom. The van der Waals surface area contributed by atoms with Crippen LogP contribution in [0.1, 0.15) is 22.3 Å². The Morgan fingerprint density at radius 3 is 3.00 bits per heavy atom. The minimum Gasteiger partial charge on any atom is -0.354 e. The Labute approximate surface area is 122 Å². The molecule has 1 aromatic carbocycles. The molecule has 3 N–H and O–H groups in total. The molecule has 0 aromatic heterocycles. The highest BCUT2D eigenvalue weighted by Crippen LogP contribution is 2.12. The normalized spacial score (nSPS) is 14.8. The summed E-state index contributed by atoms with van der Waals surface area (Å²) in [6, 6.07) is 4.10. The molecular formula is C15H16FN3O2. The van der Waals surface area contributed by atoms with E-state index in [-0.39, 0.29) is 36.0 Å². The molecule has 0 spiro atoms. The summed E-state index contributed by atoms with van der Waals surface area (Å²) in [4.78, 5) is 25.2. The van der Waals surface area contributed by atoms with Gasteiger partial charge in [0, 0.05) is 18.7 Å². The zero-order chi connectivity index (χ0) is 15.2. The Balaban J connectivity index is 2.19. The molecule has 5 nitrogen and oxygen atoms in total. The fourth-order valence-electron chi connectivity index (χ4n) is 2.06. The van der Waals surface area contributed by atoms with Gasteiger partial charge in [0.2, 0.25) is 5.91 Å². The minimum atomic E-state index is -0.568. The van der Waals surface area contributed by atoms with Gasteiger partial charge in [-0.25, -0.2) is 4.39 Å². The van der Waals surface area contributed by atoms with E-state index in [1.807, 2.05) is 0 Å². The highest BCUT2D eigenvalue weighted by atomic mass is 19.1. The molecule has 0 bridgehead atoms. The molecule has 2 amide bonds. The van der Waals surface area contributed by atoms with E-state index in [1.54, 1.807) is 0 Å².